The van der Waals surface area contributed by atoms with E-state index in [0.717, 1.165) is 5.39 Å². The highest BCUT2D eigenvalue weighted by Crippen LogP contribution is 2.28. The number of fused-ring (bicyclic) bond motifs is 1. The van der Waals surface area contributed by atoms with Crippen LogP contribution in [0, 0.1) is 12.8 Å². The predicted molar refractivity (Wildman–Crippen MR) is 120 cm³/mol. The second-order valence-corrected chi connectivity index (χ2v) is 7.85. The number of carbonyl (C=O) groups excluding carboxylic acids is 1. The molecule has 3 rings (SSSR count). The van der Waals surface area contributed by atoms with Crippen LogP contribution in [0.2, 0.25) is 0 Å². The zero-order valence-electron chi connectivity index (χ0n) is 18.2. The van der Waals surface area contributed by atoms with E-state index in [1.807, 2.05) is 32.0 Å². The van der Waals surface area contributed by atoms with Gasteiger partial charge >= 0.3 is 5.69 Å². The Morgan fingerprint density at radius 1 is 1.29 bits per heavy atom. The van der Waals surface area contributed by atoms with Crippen molar-refractivity contribution in [3.05, 3.63) is 56.4 Å². The van der Waals surface area contributed by atoms with E-state index in [0.29, 0.717) is 30.7 Å². The number of hydrogen-bond acceptors (Lipinski definition) is 6. The van der Waals surface area contributed by atoms with Gasteiger partial charge in [0.05, 0.1) is 0 Å². The van der Waals surface area contributed by atoms with Gasteiger partial charge in [-0.25, -0.2) is 4.79 Å². The van der Waals surface area contributed by atoms with Crippen molar-refractivity contribution in [1.82, 2.24) is 9.55 Å². The summed E-state index contributed by atoms with van der Waals surface area (Å²) in [5, 5.41) is 0.814. The zero-order chi connectivity index (χ0) is 22.7. The summed E-state index contributed by atoms with van der Waals surface area (Å²) in [5.41, 5.74) is 6.10. The highest BCUT2D eigenvalue weighted by atomic mass is 16.5. The van der Waals surface area contributed by atoms with E-state index in [4.69, 9.17) is 14.9 Å². The zero-order valence-corrected chi connectivity index (χ0v) is 18.2. The van der Waals surface area contributed by atoms with Crippen LogP contribution in [0.15, 0.2) is 38.3 Å². The Labute approximate surface area is 179 Å². The fraction of sp³-hybridized carbons (Fsp3) is 0.409. The number of H-pyrrole nitrogens is 1. The molecule has 0 aliphatic heterocycles. The summed E-state index contributed by atoms with van der Waals surface area (Å²) in [7, 11) is 1.56. The molecule has 0 fully saturated rings. The Balaban J connectivity index is 2.15. The molecule has 1 aromatic carbocycles. The van der Waals surface area contributed by atoms with Crippen LogP contribution in [0.25, 0.3) is 11.0 Å². The molecule has 0 aliphatic rings. The number of benzene rings is 1. The highest BCUT2D eigenvalue weighted by Gasteiger charge is 2.29. The first-order chi connectivity index (χ1) is 14.8. The van der Waals surface area contributed by atoms with Gasteiger partial charge in [0, 0.05) is 37.8 Å². The van der Waals surface area contributed by atoms with Crippen LogP contribution in [0.1, 0.15) is 36.4 Å². The number of nitrogens with zero attached hydrogens (tertiary/aromatic N) is 2. The number of aryl methyl sites for hydroxylation is 1. The van der Waals surface area contributed by atoms with E-state index < -0.39 is 17.2 Å². The number of rotatable bonds is 8. The Morgan fingerprint density at radius 3 is 2.65 bits per heavy atom. The average molecular weight is 428 g/mol. The standard InChI is InChI=1S/C22H28N4O5/c1-13(2)12-26-19(23)17(20(27)24-22(26)29)25(10-7-11-30-4)21(28)18-14(3)15-8-5-6-9-16(15)31-18/h5-6,8-9,13H,7,10-12,23H2,1-4H3,(H,24,27,29). The first-order valence-corrected chi connectivity index (χ1v) is 10.2. The van der Waals surface area contributed by atoms with Crippen LogP contribution >= 0.6 is 0 Å². The van der Waals surface area contributed by atoms with Gasteiger partial charge in [0.2, 0.25) is 0 Å². The normalized spacial score (nSPS) is 11.4. The number of amides is 1. The number of anilines is 2. The number of nitrogen functional groups attached to an aromatic ring is 1. The number of hydrogen-bond donors (Lipinski definition) is 2. The van der Waals surface area contributed by atoms with Crippen LogP contribution < -0.4 is 21.9 Å². The maximum atomic E-state index is 13.5. The number of methoxy groups -OCH3 is 1. The molecule has 2 aromatic heterocycles. The lowest BCUT2D eigenvalue weighted by atomic mass is 10.1. The molecule has 0 unspecified atom stereocenters. The Morgan fingerprint density at radius 2 is 2.00 bits per heavy atom. The minimum atomic E-state index is -0.720. The van der Waals surface area contributed by atoms with Gasteiger partial charge in [-0.05, 0) is 25.3 Å². The van der Waals surface area contributed by atoms with Gasteiger partial charge in [-0.15, -0.1) is 0 Å². The smallest absolute Gasteiger partial charge is 0.330 e. The van der Waals surface area contributed by atoms with Crippen LogP contribution in [-0.4, -0.2) is 35.7 Å². The Hall–Kier alpha value is -3.33. The van der Waals surface area contributed by atoms with E-state index in [2.05, 4.69) is 4.98 Å². The van der Waals surface area contributed by atoms with Crippen LogP contribution in [0.4, 0.5) is 11.5 Å². The number of carbonyl (C=O) groups is 1. The van der Waals surface area contributed by atoms with Gasteiger partial charge in [0.25, 0.3) is 11.5 Å². The minimum absolute atomic E-state index is 0.0537. The molecule has 3 N–H and O–H groups in total. The number of para-hydroxylation sites is 1. The number of nitrogens with one attached hydrogen (secondary N) is 1. The quantitative estimate of drug-likeness (QED) is 0.531. The van der Waals surface area contributed by atoms with Crippen molar-refractivity contribution in [3.8, 4) is 0 Å². The van der Waals surface area contributed by atoms with Crippen molar-refractivity contribution in [1.29, 1.82) is 0 Å². The third-order valence-corrected chi connectivity index (χ3v) is 5.05. The molecule has 0 aliphatic carbocycles. The van der Waals surface area contributed by atoms with E-state index in [-0.39, 0.29) is 29.7 Å². The van der Waals surface area contributed by atoms with Crippen molar-refractivity contribution < 1.29 is 13.9 Å². The lowest BCUT2D eigenvalue weighted by molar-refractivity contribution is 0.0958. The monoisotopic (exact) mass is 428 g/mol. The fourth-order valence-electron chi connectivity index (χ4n) is 3.57. The highest BCUT2D eigenvalue weighted by molar-refractivity contribution is 6.08. The minimum Gasteiger partial charge on any atom is -0.451 e. The SMILES string of the molecule is COCCCN(C(=O)c1oc2ccccc2c1C)c1c(N)n(CC(C)C)c(=O)[nH]c1=O. The molecule has 0 saturated carbocycles. The second kappa shape index (κ2) is 9.22. The topological polar surface area (TPSA) is 124 Å². The molecule has 166 valence electrons. The van der Waals surface area contributed by atoms with Gasteiger partial charge in [-0.2, -0.15) is 0 Å². The number of nitrogens with two attached hydrogens (primary N) is 1. The molecular weight excluding hydrogens is 400 g/mol. The van der Waals surface area contributed by atoms with Gasteiger partial charge in [0.1, 0.15) is 11.4 Å². The largest absolute Gasteiger partial charge is 0.451 e. The summed E-state index contributed by atoms with van der Waals surface area (Å²) >= 11 is 0. The Kier molecular flexibility index (Phi) is 6.65. The van der Waals surface area contributed by atoms with Gasteiger partial charge in [-0.3, -0.25) is 24.0 Å². The molecule has 9 nitrogen and oxygen atoms in total. The van der Waals surface area contributed by atoms with Crippen LogP contribution in [0.3, 0.4) is 0 Å². The van der Waals surface area contributed by atoms with E-state index in [1.165, 1.54) is 9.47 Å². The number of aromatic amines is 1. The number of aromatic nitrogens is 2. The summed E-state index contributed by atoms with van der Waals surface area (Å²) in [5.74, 6) is -0.327. The van der Waals surface area contributed by atoms with Crippen molar-refractivity contribution in [2.75, 3.05) is 30.9 Å². The maximum Gasteiger partial charge on any atom is 0.330 e. The molecule has 1 amide bonds. The maximum absolute atomic E-state index is 13.5. The van der Waals surface area contributed by atoms with E-state index >= 15 is 0 Å². The first-order valence-electron chi connectivity index (χ1n) is 10.2. The summed E-state index contributed by atoms with van der Waals surface area (Å²) < 4.78 is 12.2. The molecule has 31 heavy (non-hydrogen) atoms. The Bertz CT molecular complexity index is 1200. The summed E-state index contributed by atoms with van der Waals surface area (Å²) in [4.78, 5) is 42.2. The second-order valence-electron chi connectivity index (χ2n) is 7.85. The van der Waals surface area contributed by atoms with Crippen molar-refractivity contribution in [2.45, 2.75) is 33.7 Å². The molecular formula is C22H28N4O5. The van der Waals surface area contributed by atoms with Gasteiger partial charge in [-0.1, -0.05) is 32.0 Å². The van der Waals surface area contributed by atoms with E-state index in [9.17, 15) is 14.4 Å². The third kappa shape index (κ3) is 4.41. The number of furan rings is 1. The van der Waals surface area contributed by atoms with Gasteiger partial charge < -0.3 is 14.9 Å². The lowest BCUT2D eigenvalue weighted by Crippen LogP contribution is -2.42. The van der Waals surface area contributed by atoms with Crippen LogP contribution in [0.5, 0.6) is 0 Å². The molecule has 0 atom stereocenters. The number of ether oxygens (including phenoxy) is 1. The summed E-state index contributed by atoms with van der Waals surface area (Å²) in [6, 6.07) is 7.32. The molecule has 0 bridgehead atoms. The van der Waals surface area contributed by atoms with Crippen LogP contribution in [-0.2, 0) is 11.3 Å². The predicted octanol–water partition coefficient (Wildman–Crippen LogP) is 2.51. The molecule has 0 spiro atoms. The molecule has 0 saturated heterocycles. The van der Waals surface area contributed by atoms with E-state index in [1.54, 1.807) is 20.1 Å². The summed E-state index contributed by atoms with van der Waals surface area (Å²) in [6.45, 7) is 6.49. The van der Waals surface area contributed by atoms with Gasteiger partial charge in [0.15, 0.2) is 11.4 Å². The fourth-order valence-corrected chi connectivity index (χ4v) is 3.57. The average Bonchev–Trinajstić information content (AvgIpc) is 3.06. The lowest BCUT2D eigenvalue weighted by Gasteiger charge is -2.24. The molecule has 2 heterocycles. The molecule has 9 heteroatoms. The van der Waals surface area contributed by atoms with Crippen molar-refractivity contribution in [2.24, 2.45) is 5.92 Å². The first kappa shape index (κ1) is 22.4. The summed E-state index contributed by atoms with van der Waals surface area (Å²) in [6.07, 6.45) is 0.462. The third-order valence-electron chi connectivity index (χ3n) is 5.05. The van der Waals surface area contributed by atoms with Crippen molar-refractivity contribution >= 4 is 28.4 Å². The van der Waals surface area contributed by atoms with Crippen molar-refractivity contribution in [3.63, 3.8) is 0 Å². The molecule has 3 aromatic rings. The molecule has 0 radical (unpaired) electrons.